The molecule has 1 fully saturated rings. The molecule has 6 rings (SSSR count). The normalized spacial score (nSPS) is 16.7. The second-order valence-electron chi connectivity index (χ2n) is 9.96. The van der Waals surface area contributed by atoms with Gasteiger partial charge in [-0.25, -0.2) is 0 Å². The van der Waals surface area contributed by atoms with E-state index in [9.17, 15) is 4.79 Å². The topological polar surface area (TPSA) is 62.2 Å². The molecule has 2 N–H and O–H groups in total. The average Bonchev–Trinajstić information content (AvgIpc) is 3.60. The molecule has 0 unspecified atom stereocenters. The van der Waals surface area contributed by atoms with Gasteiger partial charge < -0.3 is 20.1 Å². The zero-order chi connectivity index (χ0) is 27.5. The predicted octanol–water partition coefficient (Wildman–Crippen LogP) is 6.59. The number of hydrogen-bond donors (Lipinski definition) is 2. The van der Waals surface area contributed by atoms with Gasteiger partial charge in [0.2, 0.25) is 5.91 Å². The molecule has 1 aliphatic rings. The maximum atomic E-state index is 13.1. The van der Waals surface area contributed by atoms with Gasteiger partial charge in [-0.2, -0.15) is 0 Å². The minimum absolute atomic E-state index is 0.0337. The Morgan fingerprint density at radius 2 is 1.75 bits per heavy atom. The Morgan fingerprint density at radius 3 is 2.58 bits per heavy atom. The fourth-order valence-electron chi connectivity index (χ4n) is 5.55. The Labute approximate surface area is 239 Å². The lowest BCUT2D eigenvalue weighted by Crippen LogP contribution is -2.33. The van der Waals surface area contributed by atoms with E-state index in [1.54, 1.807) is 6.20 Å². The van der Waals surface area contributed by atoms with Crippen molar-refractivity contribution in [2.24, 2.45) is 0 Å². The molecule has 0 bridgehead atoms. The number of nitrogens with one attached hydrogen (secondary N) is 2. The Hall–Kier alpha value is -4.49. The first kappa shape index (κ1) is 25.8. The van der Waals surface area contributed by atoms with Crippen molar-refractivity contribution in [3.8, 4) is 5.69 Å². The number of nitrogens with zero attached hydrogens (tertiary/aromatic N) is 3. The quantitative estimate of drug-likeness (QED) is 0.216. The molecule has 6 nitrogen and oxygen atoms in total. The molecule has 2 aromatic heterocycles. The summed E-state index contributed by atoms with van der Waals surface area (Å²) in [6, 6.07) is 32.6. The van der Waals surface area contributed by atoms with Crippen LogP contribution in [0.15, 0.2) is 109 Å². The number of carbonyl (C=O) groups is 1. The summed E-state index contributed by atoms with van der Waals surface area (Å²) in [4.78, 5) is 19.9. The molecule has 5 aromatic rings. The second kappa shape index (κ2) is 11.3. The monoisotopic (exact) mass is 545 g/mol. The maximum absolute atomic E-state index is 13.1. The lowest BCUT2D eigenvalue weighted by Gasteiger charge is -2.29. The van der Waals surface area contributed by atoms with Crippen LogP contribution in [0.25, 0.3) is 16.5 Å². The van der Waals surface area contributed by atoms with E-state index in [0.717, 1.165) is 34.7 Å². The molecule has 0 radical (unpaired) electrons. The number of thiocarbonyl (C=S) groups is 1. The summed E-state index contributed by atoms with van der Waals surface area (Å²) >= 11 is 5.86. The van der Waals surface area contributed by atoms with Crippen molar-refractivity contribution in [1.29, 1.82) is 0 Å². The minimum atomic E-state index is -0.160. The predicted molar refractivity (Wildman–Crippen MR) is 165 cm³/mol. The van der Waals surface area contributed by atoms with E-state index in [2.05, 4.69) is 92.8 Å². The number of pyridine rings is 1. The number of anilines is 1. The van der Waals surface area contributed by atoms with Crippen molar-refractivity contribution in [2.45, 2.75) is 31.8 Å². The third kappa shape index (κ3) is 5.08. The van der Waals surface area contributed by atoms with Crippen LogP contribution in [0.2, 0.25) is 0 Å². The van der Waals surface area contributed by atoms with Crippen molar-refractivity contribution in [1.82, 2.24) is 19.8 Å². The summed E-state index contributed by atoms with van der Waals surface area (Å²) in [5, 5.41) is 9.61. The standard InChI is InChI=1S/C33H31N5OS/c1-2-23-10-5-6-13-27(23)35-30(39)18-21-38-32(31(36-33(38)40)28-14-7-8-19-34-28)29-15-9-20-37(29)26-17-16-24-11-3-4-12-25(24)22-26/h3-17,19-20,22,31-32H,2,18,21H2,1H3,(H,35,39)(H,36,40)/t31-,32-/m0/s1. The third-order valence-electron chi connectivity index (χ3n) is 7.54. The fourth-order valence-corrected chi connectivity index (χ4v) is 5.88. The van der Waals surface area contributed by atoms with Crippen molar-refractivity contribution in [2.75, 3.05) is 11.9 Å². The SMILES string of the molecule is CCc1ccccc1NC(=O)CCN1C(=S)N[C@@H](c2ccccn2)[C@@H]1c1cccn1-c1ccc2ccccc2c1. The number of fused-ring (bicyclic) bond motifs is 1. The van der Waals surface area contributed by atoms with Gasteiger partial charge in [0.25, 0.3) is 0 Å². The van der Waals surface area contributed by atoms with Crippen LogP contribution in [0.5, 0.6) is 0 Å². The third-order valence-corrected chi connectivity index (χ3v) is 7.90. The Bertz CT molecular complexity index is 1660. The van der Waals surface area contributed by atoms with E-state index in [0.29, 0.717) is 18.1 Å². The summed E-state index contributed by atoms with van der Waals surface area (Å²) in [6.07, 6.45) is 5.06. The summed E-state index contributed by atoms with van der Waals surface area (Å²) in [5.41, 5.74) is 5.05. The zero-order valence-electron chi connectivity index (χ0n) is 22.3. The van der Waals surface area contributed by atoms with Crippen LogP contribution in [-0.2, 0) is 11.2 Å². The average molecular weight is 546 g/mol. The van der Waals surface area contributed by atoms with Crippen molar-refractivity contribution in [3.05, 3.63) is 126 Å². The molecule has 0 saturated carbocycles. The molecule has 2 atom stereocenters. The van der Waals surface area contributed by atoms with Crippen molar-refractivity contribution in [3.63, 3.8) is 0 Å². The number of amides is 1. The van der Waals surface area contributed by atoms with Gasteiger partial charge in [-0.3, -0.25) is 9.78 Å². The first-order chi connectivity index (χ1) is 19.6. The molecule has 7 heteroatoms. The van der Waals surface area contributed by atoms with E-state index in [4.69, 9.17) is 12.2 Å². The van der Waals surface area contributed by atoms with E-state index in [1.165, 1.54) is 10.8 Å². The molecule has 1 aliphatic heterocycles. The fraction of sp³-hybridized carbons (Fsp3) is 0.182. The lowest BCUT2D eigenvalue weighted by molar-refractivity contribution is -0.116. The molecular formula is C33H31N5OS. The van der Waals surface area contributed by atoms with Gasteiger partial charge in [0.15, 0.2) is 5.11 Å². The smallest absolute Gasteiger partial charge is 0.226 e. The Kier molecular flexibility index (Phi) is 7.29. The van der Waals surface area contributed by atoms with Crippen LogP contribution in [0.3, 0.4) is 0 Å². The van der Waals surface area contributed by atoms with Gasteiger partial charge >= 0.3 is 0 Å². The molecule has 200 valence electrons. The van der Waals surface area contributed by atoms with E-state index in [1.807, 2.05) is 42.5 Å². The largest absolute Gasteiger partial charge is 0.352 e. The number of carbonyl (C=O) groups excluding carboxylic acids is 1. The highest BCUT2D eigenvalue weighted by Crippen LogP contribution is 2.39. The zero-order valence-corrected chi connectivity index (χ0v) is 23.1. The van der Waals surface area contributed by atoms with Gasteiger partial charge in [0, 0.05) is 42.4 Å². The first-order valence-electron chi connectivity index (χ1n) is 13.6. The number of benzene rings is 3. The van der Waals surface area contributed by atoms with Gasteiger partial charge in [0.05, 0.1) is 17.8 Å². The van der Waals surface area contributed by atoms with Crippen LogP contribution in [0.4, 0.5) is 5.69 Å². The summed E-state index contributed by atoms with van der Waals surface area (Å²) in [6.45, 7) is 2.56. The van der Waals surface area contributed by atoms with E-state index >= 15 is 0 Å². The van der Waals surface area contributed by atoms with Crippen LogP contribution in [0, 0.1) is 0 Å². The molecule has 3 aromatic carbocycles. The highest BCUT2D eigenvalue weighted by atomic mass is 32.1. The summed E-state index contributed by atoms with van der Waals surface area (Å²) in [5.74, 6) is -0.0337. The minimum Gasteiger partial charge on any atom is -0.352 e. The molecule has 40 heavy (non-hydrogen) atoms. The van der Waals surface area contributed by atoms with Crippen LogP contribution < -0.4 is 10.6 Å². The van der Waals surface area contributed by atoms with Crippen LogP contribution in [0.1, 0.15) is 42.4 Å². The Morgan fingerprint density at radius 1 is 0.950 bits per heavy atom. The van der Waals surface area contributed by atoms with Gasteiger partial charge in [-0.15, -0.1) is 0 Å². The molecular weight excluding hydrogens is 514 g/mol. The molecule has 3 heterocycles. The van der Waals surface area contributed by atoms with Gasteiger partial charge in [-0.1, -0.05) is 61.5 Å². The highest BCUT2D eigenvalue weighted by Gasteiger charge is 2.41. The number of rotatable bonds is 8. The Balaban J connectivity index is 1.32. The number of aryl methyl sites for hydroxylation is 1. The van der Waals surface area contributed by atoms with Crippen LogP contribution in [-0.4, -0.2) is 32.0 Å². The molecule has 0 spiro atoms. The van der Waals surface area contributed by atoms with Crippen LogP contribution >= 0.6 is 12.2 Å². The van der Waals surface area contributed by atoms with E-state index in [-0.39, 0.29) is 18.0 Å². The molecule has 1 saturated heterocycles. The van der Waals surface area contributed by atoms with E-state index < -0.39 is 0 Å². The van der Waals surface area contributed by atoms with Gasteiger partial charge in [0.1, 0.15) is 0 Å². The number of hydrogen-bond acceptors (Lipinski definition) is 3. The molecule has 1 amide bonds. The van der Waals surface area contributed by atoms with Gasteiger partial charge in [-0.05, 0) is 77.4 Å². The number of aromatic nitrogens is 2. The number of para-hydroxylation sites is 1. The van der Waals surface area contributed by atoms with Crippen molar-refractivity contribution < 1.29 is 4.79 Å². The first-order valence-corrected chi connectivity index (χ1v) is 14.1. The molecule has 0 aliphatic carbocycles. The van der Waals surface area contributed by atoms with Crippen molar-refractivity contribution >= 4 is 39.7 Å². The highest BCUT2D eigenvalue weighted by molar-refractivity contribution is 7.80. The summed E-state index contributed by atoms with van der Waals surface area (Å²) in [7, 11) is 0. The maximum Gasteiger partial charge on any atom is 0.226 e. The second-order valence-corrected chi connectivity index (χ2v) is 10.4. The summed E-state index contributed by atoms with van der Waals surface area (Å²) < 4.78 is 2.22. The lowest BCUT2D eigenvalue weighted by atomic mass is 10.0.